The zero-order chi connectivity index (χ0) is 29.8. The third-order valence-corrected chi connectivity index (χ3v) is 10.9. The summed E-state index contributed by atoms with van der Waals surface area (Å²) in [6, 6.07) is 10.9. The van der Waals surface area contributed by atoms with Crippen molar-refractivity contribution >= 4 is 34.3 Å². The lowest BCUT2D eigenvalue weighted by atomic mass is 9.93. The number of benzene rings is 1. The van der Waals surface area contributed by atoms with Gasteiger partial charge >= 0.3 is 0 Å². The molecule has 4 heterocycles. The second-order valence-corrected chi connectivity index (χ2v) is 13.4. The minimum atomic E-state index is -0.383. The number of fused-ring (bicyclic) bond motifs is 5. The minimum absolute atomic E-state index is 0.0146. The van der Waals surface area contributed by atoms with Crippen molar-refractivity contribution in [3.8, 4) is 11.1 Å². The van der Waals surface area contributed by atoms with Gasteiger partial charge in [-0.25, -0.2) is 9.37 Å². The maximum absolute atomic E-state index is 15.2. The number of piperazine rings is 1. The van der Waals surface area contributed by atoms with E-state index in [1.165, 1.54) is 40.3 Å². The monoisotopic (exact) mass is 597 g/mol. The third-order valence-electron chi connectivity index (χ3n) is 9.56. The molecule has 2 aliphatic carbocycles. The first-order valence-electron chi connectivity index (χ1n) is 15.1. The highest BCUT2D eigenvalue weighted by Gasteiger charge is 2.39. The van der Waals surface area contributed by atoms with Crippen molar-refractivity contribution in [1.29, 1.82) is 0 Å². The molecule has 1 aliphatic heterocycles. The van der Waals surface area contributed by atoms with E-state index in [2.05, 4.69) is 33.2 Å². The molecule has 0 amide bonds. The van der Waals surface area contributed by atoms with E-state index in [4.69, 9.17) is 0 Å². The third kappa shape index (κ3) is 5.18. The molecule has 222 valence electrons. The number of hydrogen-bond donors (Lipinski definition) is 1. The van der Waals surface area contributed by atoms with E-state index in [-0.39, 0.29) is 23.6 Å². The molecular formula is C34H36FN5O2S. The first-order chi connectivity index (χ1) is 20.7. The summed E-state index contributed by atoms with van der Waals surface area (Å²) in [5.41, 5.74) is 5.25. The molecule has 3 aromatic heterocycles. The van der Waals surface area contributed by atoms with Crippen LogP contribution in [0.15, 0.2) is 53.6 Å². The Bertz CT molecular complexity index is 1740. The number of anilines is 3. The van der Waals surface area contributed by atoms with Crippen LogP contribution in [-0.4, -0.2) is 53.5 Å². The zero-order valence-corrected chi connectivity index (χ0v) is 25.6. The number of likely N-dealkylation sites (N-methyl/N-ethyl adjacent to an activating group) is 1. The smallest absolute Gasteiger partial charge is 0.274 e. The summed E-state index contributed by atoms with van der Waals surface area (Å²) in [6.45, 7) is 5.78. The molecule has 1 aromatic carbocycles. The van der Waals surface area contributed by atoms with E-state index in [9.17, 15) is 9.59 Å². The number of aromatic nitrogens is 2. The number of halogens is 1. The Morgan fingerprint density at radius 1 is 1.07 bits per heavy atom. The van der Waals surface area contributed by atoms with E-state index in [1.54, 1.807) is 36.7 Å². The highest BCUT2D eigenvalue weighted by Crippen LogP contribution is 2.56. The average molecular weight is 598 g/mol. The highest BCUT2D eigenvalue weighted by atomic mass is 32.1. The number of Topliss-reactive ketones (excluding diaryl/α,β-unsaturated/α-hetero) is 1. The van der Waals surface area contributed by atoms with Crippen LogP contribution in [0.3, 0.4) is 0 Å². The van der Waals surface area contributed by atoms with Crippen molar-refractivity contribution in [2.75, 3.05) is 43.4 Å². The molecule has 1 N–H and O–H groups in total. The Morgan fingerprint density at radius 3 is 2.60 bits per heavy atom. The maximum atomic E-state index is 15.2. The molecule has 2 unspecified atom stereocenters. The quantitative estimate of drug-likeness (QED) is 0.254. The van der Waals surface area contributed by atoms with E-state index in [0.717, 1.165) is 47.9 Å². The topological polar surface area (TPSA) is 70.5 Å². The molecule has 4 aromatic rings. The Balaban J connectivity index is 1.13. The summed E-state index contributed by atoms with van der Waals surface area (Å²) < 4.78 is 16.7. The van der Waals surface area contributed by atoms with Crippen LogP contribution in [0.5, 0.6) is 0 Å². The summed E-state index contributed by atoms with van der Waals surface area (Å²) in [5, 5.41) is 3.19. The van der Waals surface area contributed by atoms with E-state index >= 15 is 4.39 Å². The summed E-state index contributed by atoms with van der Waals surface area (Å²) in [6.07, 6.45) is 7.26. The Labute approximate surface area is 255 Å². The van der Waals surface area contributed by atoms with E-state index < -0.39 is 0 Å². The van der Waals surface area contributed by atoms with Gasteiger partial charge in [-0.3, -0.25) is 9.59 Å². The predicted molar refractivity (Wildman–Crippen MR) is 171 cm³/mol. The normalized spacial score (nSPS) is 19.6. The predicted octanol–water partition coefficient (Wildman–Crippen LogP) is 6.24. The van der Waals surface area contributed by atoms with Gasteiger partial charge in [0.05, 0.1) is 16.8 Å². The number of ketones is 1. The van der Waals surface area contributed by atoms with Gasteiger partial charge in [-0.1, -0.05) is 6.07 Å². The average Bonchev–Trinajstić information content (AvgIpc) is 3.73. The van der Waals surface area contributed by atoms with Crippen LogP contribution in [0.25, 0.3) is 11.1 Å². The first kappa shape index (κ1) is 28.0. The molecule has 2 fully saturated rings. The number of nitrogens with one attached hydrogen (secondary N) is 1. The van der Waals surface area contributed by atoms with Crippen LogP contribution >= 0.6 is 11.3 Å². The maximum Gasteiger partial charge on any atom is 0.274 e. The molecule has 3 aliphatic rings. The number of thiophene rings is 1. The molecule has 7 rings (SSSR count). The lowest BCUT2D eigenvalue weighted by molar-refractivity contribution is 0.0995. The summed E-state index contributed by atoms with van der Waals surface area (Å²) in [4.78, 5) is 37.8. The molecular weight excluding hydrogens is 561 g/mol. The minimum Gasteiger partial charge on any atom is -0.368 e. The van der Waals surface area contributed by atoms with Crippen molar-refractivity contribution in [2.45, 2.75) is 44.4 Å². The molecule has 7 nitrogen and oxygen atoms in total. The first-order valence-corrected chi connectivity index (χ1v) is 15.9. The lowest BCUT2D eigenvalue weighted by Crippen LogP contribution is -2.44. The van der Waals surface area contributed by atoms with Crippen LogP contribution in [-0.2, 0) is 13.5 Å². The van der Waals surface area contributed by atoms with Gasteiger partial charge in [-0.15, -0.1) is 11.3 Å². The molecule has 0 radical (unpaired) electrons. The van der Waals surface area contributed by atoms with Crippen LogP contribution in [0.1, 0.15) is 62.3 Å². The number of carbonyl (C=O) groups is 1. The van der Waals surface area contributed by atoms with E-state index in [1.807, 2.05) is 25.3 Å². The van der Waals surface area contributed by atoms with Crippen molar-refractivity contribution in [3.05, 3.63) is 91.4 Å². The van der Waals surface area contributed by atoms with Crippen LogP contribution in [0.2, 0.25) is 0 Å². The Hall–Kier alpha value is -3.82. The second-order valence-electron chi connectivity index (χ2n) is 12.3. The molecule has 1 saturated carbocycles. The Kier molecular flexibility index (Phi) is 7.18. The van der Waals surface area contributed by atoms with Crippen LogP contribution in [0, 0.1) is 12.7 Å². The number of aryl methyl sites for hydroxylation is 1. The zero-order valence-electron chi connectivity index (χ0n) is 24.8. The number of rotatable bonds is 7. The molecule has 43 heavy (non-hydrogen) atoms. The molecule has 2 bridgehead atoms. The van der Waals surface area contributed by atoms with Crippen LogP contribution in [0.4, 0.5) is 21.6 Å². The van der Waals surface area contributed by atoms with Gasteiger partial charge < -0.3 is 19.7 Å². The van der Waals surface area contributed by atoms with E-state index in [0.29, 0.717) is 34.5 Å². The molecule has 0 spiro atoms. The van der Waals surface area contributed by atoms with Gasteiger partial charge in [-0.05, 0) is 97.7 Å². The van der Waals surface area contributed by atoms with Crippen molar-refractivity contribution in [2.24, 2.45) is 7.05 Å². The van der Waals surface area contributed by atoms with Gasteiger partial charge in [0, 0.05) is 56.3 Å². The Morgan fingerprint density at radius 2 is 1.86 bits per heavy atom. The van der Waals surface area contributed by atoms with Gasteiger partial charge in [0.2, 0.25) is 0 Å². The fraction of sp³-hybridized carbons (Fsp3) is 0.382. The van der Waals surface area contributed by atoms with Crippen molar-refractivity contribution in [3.63, 3.8) is 0 Å². The van der Waals surface area contributed by atoms with Gasteiger partial charge in [0.1, 0.15) is 17.3 Å². The van der Waals surface area contributed by atoms with Gasteiger partial charge in [-0.2, -0.15) is 0 Å². The largest absolute Gasteiger partial charge is 0.368 e. The van der Waals surface area contributed by atoms with Crippen molar-refractivity contribution < 1.29 is 9.18 Å². The fourth-order valence-electron chi connectivity index (χ4n) is 7.00. The fourth-order valence-corrected chi connectivity index (χ4v) is 8.33. The number of hydrogen-bond acceptors (Lipinski definition) is 7. The summed E-state index contributed by atoms with van der Waals surface area (Å²) in [7, 11) is 3.83. The number of pyridine rings is 2. The van der Waals surface area contributed by atoms with Crippen LogP contribution < -0.4 is 15.8 Å². The van der Waals surface area contributed by atoms with Gasteiger partial charge in [0.25, 0.3) is 5.56 Å². The lowest BCUT2D eigenvalue weighted by Gasteiger charge is -2.33. The standard InChI is InChI=1S/C34H36FN5O2S/c1-20-25(7-8-28(35)26(20)16-30(41)31-17-27-21-4-5-22(14-21)33(27)43-31)23-15-29(34(42)39(3)19-23)37-32-9-6-24(18-36-32)40-12-10-38(2)11-13-40/h6-9,15,17-19,21-22H,4-5,10-14,16H2,1-3H3,(H,36,37). The molecule has 1 saturated heterocycles. The molecule has 2 atom stereocenters. The molecule has 9 heteroatoms. The number of nitrogens with zero attached hydrogens (tertiary/aromatic N) is 4. The second kappa shape index (κ2) is 11.0. The summed E-state index contributed by atoms with van der Waals surface area (Å²) >= 11 is 1.61. The highest BCUT2D eigenvalue weighted by molar-refractivity contribution is 7.14. The number of carbonyl (C=O) groups excluding carboxylic acids is 1. The van der Waals surface area contributed by atoms with Gasteiger partial charge in [0.15, 0.2) is 5.78 Å². The summed E-state index contributed by atoms with van der Waals surface area (Å²) in [5.74, 6) is 1.35. The van der Waals surface area contributed by atoms with Crippen molar-refractivity contribution in [1.82, 2.24) is 14.5 Å². The SMILES string of the molecule is Cc1c(-c2cc(Nc3ccc(N4CCN(C)CC4)cn3)c(=O)n(C)c2)ccc(F)c1CC(=O)c1cc2c(s1)C1CCC2C1.